The molecule has 0 saturated carbocycles. The Hall–Kier alpha value is -1.12. The molecule has 0 unspecified atom stereocenters. The van der Waals surface area contributed by atoms with E-state index in [1.807, 2.05) is 0 Å². The van der Waals surface area contributed by atoms with E-state index in [1.165, 1.54) is 12.7 Å². The van der Waals surface area contributed by atoms with Crippen molar-refractivity contribution in [3.8, 4) is 0 Å². The molecule has 0 bridgehead atoms. The van der Waals surface area contributed by atoms with Gasteiger partial charge in [0.15, 0.2) is 5.78 Å². The molecule has 0 heterocycles. The minimum atomic E-state index is -0.128. The number of carbonyl (C=O) groups excluding carboxylic acids is 2. The van der Waals surface area contributed by atoms with Gasteiger partial charge in [0.05, 0.1) is 7.11 Å². The van der Waals surface area contributed by atoms with E-state index in [4.69, 9.17) is 0 Å². The largest absolute Gasteiger partial charge is 0.469 e. The Morgan fingerprint density at radius 3 is 2.56 bits per heavy atom. The van der Waals surface area contributed by atoms with E-state index in [2.05, 4.69) is 11.7 Å². The lowest BCUT2D eigenvalue weighted by molar-refractivity contribution is -0.140. The third kappa shape index (κ3) is 4.63. The van der Waals surface area contributed by atoms with E-state index >= 15 is 0 Å². The minimum absolute atomic E-state index is 0.128. The number of ether oxygens (including phenoxy) is 1. The third-order valence-electron chi connectivity index (χ3n) is 3.63. The van der Waals surface area contributed by atoms with Gasteiger partial charge in [-0.2, -0.15) is 0 Å². The van der Waals surface area contributed by atoms with Gasteiger partial charge in [-0.3, -0.25) is 9.59 Å². The van der Waals surface area contributed by atoms with Crippen LogP contribution in [0.2, 0.25) is 0 Å². The van der Waals surface area contributed by atoms with Crippen molar-refractivity contribution in [3.63, 3.8) is 0 Å². The maximum Gasteiger partial charge on any atom is 0.305 e. The molecule has 3 nitrogen and oxygen atoms in total. The van der Waals surface area contributed by atoms with E-state index in [0.29, 0.717) is 12.2 Å². The zero-order chi connectivity index (χ0) is 13.4. The number of unbranched alkanes of at least 4 members (excludes halogenated alkanes) is 3. The lowest BCUT2D eigenvalue weighted by Crippen LogP contribution is -1.99. The van der Waals surface area contributed by atoms with Crippen LogP contribution in [0.5, 0.6) is 0 Å². The van der Waals surface area contributed by atoms with Gasteiger partial charge in [-0.25, -0.2) is 0 Å². The van der Waals surface area contributed by atoms with Gasteiger partial charge in [-0.05, 0) is 37.7 Å². The summed E-state index contributed by atoms with van der Waals surface area (Å²) in [5, 5.41) is 0. The third-order valence-corrected chi connectivity index (χ3v) is 3.63. The summed E-state index contributed by atoms with van der Waals surface area (Å²) in [6.07, 6.45) is 8.24. The molecule has 0 radical (unpaired) electrons. The molecule has 0 amide bonds. The quantitative estimate of drug-likeness (QED) is 0.490. The summed E-state index contributed by atoms with van der Waals surface area (Å²) in [7, 11) is 1.42. The first-order valence-corrected chi connectivity index (χ1v) is 7.00. The van der Waals surface area contributed by atoms with Crippen LogP contribution in [0.3, 0.4) is 0 Å². The van der Waals surface area contributed by atoms with Gasteiger partial charge in [0.1, 0.15) is 0 Å². The Bertz CT molecular complexity index is 329. The van der Waals surface area contributed by atoms with Crippen molar-refractivity contribution >= 4 is 11.8 Å². The zero-order valence-electron chi connectivity index (χ0n) is 11.6. The summed E-state index contributed by atoms with van der Waals surface area (Å²) in [4.78, 5) is 22.6. The Morgan fingerprint density at radius 1 is 1.17 bits per heavy atom. The fraction of sp³-hybridized carbons (Fsp3) is 0.733. The number of esters is 1. The molecule has 18 heavy (non-hydrogen) atoms. The Balaban J connectivity index is 2.14. The zero-order valence-corrected chi connectivity index (χ0v) is 11.6. The number of allylic oxidation sites excluding steroid dienone is 2. The van der Waals surface area contributed by atoms with Crippen LogP contribution in [-0.4, -0.2) is 18.9 Å². The summed E-state index contributed by atoms with van der Waals surface area (Å²) in [6, 6.07) is 0. The van der Waals surface area contributed by atoms with Crippen molar-refractivity contribution in [2.75, 3.05) is 7.11 Å². The minimum Gasteiger partial charge on any atom is -0.469 e. The molecule has 0 saturated heterocycles. The van der Waals surface area contributed by atoms with Crippen LogP contribution in [0, 0.1) is 0 Å². The second kappa shape index (κ2) is 8.06. The molecule has 1 aliphatic rings. The van der Waals surface area contributed by atoms with Crippen LogP contribution >= 0.6 is 0 Å². The van der Waals surface area contributed by atoms with Crippen molar-refractivity contribution in [3.05, 3.63) is 11.1 Å². The summed E-state index contributed by atoms with van der Waals surface area (Å²) >= 11 is 0. The number of Topliss-reactive ketones (excluding diaryl/α,β-unsaturated/α-hetero) is 1. The van der Waals surface area contributed by atoms with Crippen LogP contribution < -0.4 is 0 Å². The highest BCUT2D eigenvalue weighted by molar-refractivity contribution is 5.98. The van der Waals surface area contributed by atoms with E-state index in [0.717, 1.165) is 56.9 Å². The van der Waals surface area contributed by atoms with Crippen LogP contribution in [-0.2, 0) is 14.3 Å². The van der Waals surface area contributed by atoms with Gasteiger partial charge in [-0.15, -0.1) is 0 Å². The SMILES string of the molecule is CCC1=C(CCCCCCC(=O)OC)C(=O)CC1. The van der Waals surface area contributed by atoms with E-state index in [1.54, 1.807) is 0 Å². The maximum absolute atomic E-state index is 11.7. The average molecular weight is 252 g/mol. The first kappa shape index (κ1) is 14.9. The summed E-state index contributed by atoms with van der Waals surface area (Å²) in [5.74, 6) is 0.235. The summed E-state index contributed by atoms with van der Waals surface area (Å²) in [6.45, 7) is 2.13. The number of carbonyl (C=O) groups is 2. The van der Waals surface area contributed by atoms with Gasteiger partial charge in [-0.1, -0.05) is 25.3 Å². The molecule has 1 aliphatic carbocycles. The molecule has 0 N–H and O–H groups in total. The van der Waals surface area contributed by atoms with Crippen LogP contribution in [0.15, 0.2) is 11.1 Å². The number of methoxy groups -OCH3 is 1. The van der Waals surface area contributed by atoms with Crippen LogP contribution in [0.1, 0.15) is 64.7 Å². The fourth-order valence-electron chi connectivity index (χ4n) is 2.50. The molecule has 102 valence electrons. The Morgan fingerprint density at radius 2 is 1.89 bits per heavy atom. The predicted molar refractivity (Wildman–Crippen MR) is 71.3 cm³/mol. The second-order valence-corrected chi connectivity index (χ2v) is 4.85. The number of rotatable bonds is 8. The molecule has 0 aliphatic heterocycles. The molecule has 0 fully saturated rings. The highest BCUT2D eigenvalue weighted by Crippen LogP contribution is 2.29. The van der Waals surface area contributed by atoms with Gasteiger partial charge in [0, 0.05) is 12.8 Å². The molecule has 0 aromatic carbocycles. The molecule has 0 aromatic rings. The number of hydrogen-bond donors (Lipinski definition) is 0. The van der Waals surface area contributed by atoms with Gasteiger partial charge in [0.25, 0.3) is 0 Å². The van der Waals surface area contributed by atoms with E-state index in [9.17, 15) is 9.59 Å². The van der Waals surface area contributed by atoms with Crippen molar-refractivity contribution in [1.82, 2.24) is 0 Å². The molecule has 0 spiro atoms. The van der Waals surface area contributed by atoms with E-state index < -0.39 is 0 Å². The molecule has 3 heteroatoms. The van der Waals surface area contributed by atoms with Crippen molar-refractivity contribution in [2.24, 2.45) is 0 Å². The average Bonchev–Trinajstić information content (AvgIpc) is 2.74. The lowest BCUT2D eigenvalue weighted by Gasteiger charge is -2.04. The van der Waals surface area contributed by atoms with Crippen LogP contribution in [0.4, 0.5) is 0 Å². The second-order valence-electron chi connectivity index (χ2n) is 4.85. The van der Waals surface area contributed by atoms with Gasteiger partial charge in [0.2, 0.25) is 0 Å². The summed E-state index contributed by atoms with van der Waals surface area (Å²) in [5.41, 5.74) is 2.47. The summed E-state index contributed by atoms with van der Waals surface area (Å²) < 4.78 is 4.59. The maximum atomic E-state index is 11.7. The van der Waals surface area contributed by atoms with Crippen LogP contribution in [0.25, 0.3) is 0 Å². The molecule has 0 aromatic heterocycles. The molecule has 0 atom stereocenters. The molecular formula is C15H24O3. The Labute approximate surface area is 110 Å². The normalized spacial score (nSPS) is 15.3. The van der Waals surface area contributed by atoms with Crippen molar-refractivity contribution in [1.29, 1.82) is 0 Å². The lowest BCUT2D eigenvalue weighted by atomic mass is 10.0. The number of hydrogen-bond acceptors (Lipinski definition) is 3. The van der Waals surface area contributed by atoms with Gasteiger partial charge >= 0.3 is 5.97 Å². The molecular weight excluding hydrogens is 228 g/mol. The van der Waals surface area contributed by atoms with Crippen molar-refractivity contribution in [2.45, 2.75) is 64.7 Å². The standard InChI is InChI=1S/C15H24O3/c1-3-12-10-11-14(16)13(12)8-6-4-5-7-9-15(17)18-2/h3-11H2,1-2H3. The number of ketones is 1. The predicted octanol–water partition coefficient (Wildman–Crippen LogP) is 3.57. The Kier molecular flexibility index (Phi) is 6.69. The monoisotopic (exact) mass is 252 g/mol. The topological polar surface area (TPSA) is 43.4 Å². The fourth-order valence-corrected chi connectivity index (χ4v) is 2.50. The highest BCUT2D eigenvalue weighted by atomic mass is 16.5. The smallest absolute Gasteiger partial charge is 0.305 e. The molecule has 1 rings (SSSR count). The first-order chi connectivity index (χ1) is 8.69. The van der Waals surface area contributed by atoms with E-state index in [-0.39, 0.29) is 5.97 Å². The first-order valence-electron chi connectivity index (χ1n) is 7.00. The highest BCUT2D eigenvalue weighted by Gasteiger charge is 2.20. The van der Waals surface area contributed by atoms with Crippen molar-refractivity contribution < 1.29 is 14.3 Å². The van der Waals surface area contributed by atoms with Gasteiger partial charge < -0.3 is 4.74 Å².